The second-order valence-corrected chi connectivity index (χ2v) is 8.52. The van der Waals surface area contributed by atoms with Crippen molar-refractivity contribution in [2.24, 2.45) is 0 Å². The van der Waals surface area contributed by atoms with E-state index in [9.17, 15) is 4.79 Å². The standard InChI is InChI=1S/C20H19N3O2S/c24-19(17-10-22-18-6-2-1-5-16(17)18)23-12-20(13-23)8-15(11-26-20)25-14-4-3-7-21-9-14/h1-7,9-10,15,22H,8,11-13H2. The van der Waals surface area contributed by atoms with Crippen molar-refractivity contribution < 1.29 is 9.53 Å². The number of aromatic nitrogens is 2. The number of hydrogen-bond acceptors (Lipinski definition) is 4. The number of H-pyrrole nitrogens is 1. The minimum atomic E-state index is 0.116. The number of carbonyl (C=O) groups is 1. The quantitative estimate of drug-likeness (QED) is 0.773. The normalized spacial score (nSPS) is 21.1. The Hall–Kier alpha value is -2.47. The molecule has 1 aromatic carbocycles. The number of carbonyl (C=O) groups excluding carboxylic acids is 1. The molecule has 0 radical (unpaired) electrons. The number of thioether (sulfide) groups is 1. The lowest BCUT2D eigenvalue weighted by Crippen LogP contribution is -2.60. The zero-order valence-electron chi connectivity index (χ0n) is 14.2. The van der Waals surface area contributed by atoms with E-state index in [2.05, 4.69) is 9.97 Å². The highest BCUT2D eigenvalue weighted by Gasteiger charge is 2.51. The Kier molecular flexibility index (Phi) is 3.67. The number of hydrogen-bond donors (Lipinski definition) is 1. The van der Waals surface area contributed by atoms with Gasteiger partial charge in [-0.3, -0.25) is 9.78 Å². The minimum absolute atomic E-state index is 0.116. The number of nitrogens with zero attached hydrogens (tertiary/aromatic N) is 2. The molecule has 2 aromatic heterocycles. The van der Waals surface area contributed by atoms with Crippen LogP contribution in [0, 0.1) is 0 Å². The van der Waals surface area contributed by atoms with Crippen LogP contribution in [0.15, 0.2) is 55.0 Å². The summed E-state index contributed by atoms with van der Waals surface area (Å²) >= 11 is 1.93. The van der Waals surface area contributed by atoms with E-state index in [1.807, 2.05) is 59.3 Å². The highest BCUT2D eigenvalue weighted by Crippen LogP contribution is 2.46. The molecule has 1 spiro atoms. The highest BCUT2D eigenvalue weighted by atomic mass is 32.2. The van der Waals surface area contributed by atoms with E-state index in [1.54, 1.807) is 12.4 Å². The number of benzene rings is 1. The van der Waals surface area contributed by atoms with Gasteiger partial charge in [0, 0.05) is 48.6 Å². The Morgan fingerprint density at radius 1 is 1.27 bits per heavy atom. The first-order valence-corrected chi connectivity index (χ1v) is 9.77. The van der Waals surface area contributed by atoms with Gasteiger partial charge in [0.2, 0.25) is 0 Å². The SMILES string of the molecule is O=C(c1c[nH]c2ccccc12)N1CC2(CC(Oc3cccnc3)CS2)C1. The Morgan fingerprint density at radius 2 is 2.15 bits per heavy atom. The van der Waals surface area contributed by atoms with Crippen LogP contribution in [0.3, 0.4) is 0 Å². The maximum Gasteiger partial charge on any atom is 0.256 e. The molecule has 3 aromatic rings. The third-order valence-corrected chi connectivity index (χ3v) is 6.75. The van der Waals surface area contributed by atoms with Gasteiger partial charge >= 0.3 is 0 Å². The van der Waals surface area contributed by atoms with Gasteiger partial charge in [0.05, 0.1) is 16.5 Å². The number of pyridine rings is 1. The van der Waals surface area contributed by atoms with Crippen LogP contribution in [-0.2, 0) is 0 Å². The van der Waals surface area contributed by atoms with Gasteiger partial charge in [0.25, 0.3) is 5.91 Å². The molecule has 0 aliphatic carbocycles. The van der Waals surface area contributed by atoms with Crippen molar-refractivity contribution in [1.29, 1.82) is 0 Å². The minimum Gasteiger partial charge on any atom is -0.488 e. The number of aromatic amines is 1. The number of rotatable bonds is 3. The lowest BCUT2D eigenvalue weighted by molar-refractivity contribution is 0.0520. The van der Waals surface area contributed by atoms with Crippen molar-refractivity contribution in [3.63, 3.8) is 0 Å². The third kappa shape index (κ3) is 2.65. The Balaban J connectivity index is 1.24. The molecule has 0 saturated carbocycles. The summed E-state index contributed by atoms with van der Waals surface area (Å²) in [6.45, 7) is 1.59. The molecule has 2 aliphatic heterocycles. The zero-order valence-corrected chi connectivity index (χ0v) is 15.0. The Bertz CT molecular complexity index is 950. The monoisotopic (exact) mass is 365 g/mol. The molecule has 1 N–H and O–H groups in total. The van der Waals surface area contributed by atoms with Crippen LogP contribution in [-0.4, -0.2) is 50.5 Å². The van der Waals surface area contributed by atoms with Gasteiger partial charge in [-0.1, -0.05) is 18.2 Å². The summed E-state index contributed by atoms with van der Waals surface area (Å²) < 4.78 is 6.19. The molecule has 6 heteroatoms. The molecular formula is C20H19N3O2S. The van der Waals surface area contributed by atoms with Crippen molar-refractivity contribution in [3.8, 4) is 5.75 Å². The molecule has 1 atom stereocenters. The third-order valence-electron chi connectivity index (χ3n) is 5.18. The number of likely N-dealkylation sites (tertiary alicyclic amines) is 1. The Morgan fingerprint density at radius 3 is 3.00 bits per heavy atom. The predicted octanol–water partition coefficient (Wildman–Crippen LogP) is 3.34. The number of para-hydroxylation sites is 1. The van der Waals surface area contributed by atoms with Crippen molar-refractivity contribution in [3.05, 3.63) is 60.6 Å². The molecule has 5 nitrogen and oxygen atoms in total. The summed E-state index contributed by atoms with van der Waals surface area (Å²) in [4.78, 5) is 22.1. The van der Waals surface area contributed by atoms with E-state index in [1.165, 1.54) is 0 Å². The molecule has 2 saturated heterocycles. The van der Waals surface area contributed by atoms with Crippen LogP contribution in [0.1, 0.15) is 16.8 Å². The first-order valence-electron chi connectivity index (χ1n) is 8.79. The maximum atomic E-state index is 12.9. The second-order valence-electron chi connectivity index (χ2n) is 7.04. The van der Waals surface area contributed by atoms with Crippen LogP contribution in [0.4, 0.5) is 0 Å². The molecule has 1 unspecified atom stereocenters. The molecule has 1 amide bonds. The molecule has 4 heterocycles. The van der Waals surface area contributed by atoms with Crippen LogP contribution < -0.4 is 4.74 Å². The first kappa shape index (κ1) is 15.8. The molecule has 132 valence electrons. The largest absolute Gasteiger partial charge is 0.488 e. The molecule has 26 heavy (non-hydrogen) atoms. The van der Waals surface area contributed by atoms with E-state index >= 15 is 0 Å². The summed E-state index contributed by atoms with van der Waals surface area (Å²) in [6.07, 6.45) is 6.49. The van der Waals surface area contributed by atoms with E-state index in [0.29, 0.717) is 0 Å². The smallest absolute Gasteiger partial charge is 0.256 e. The molecule has 0 bridgehead atoms. The van der Waals surface area contributed by atoms with Gasteiger partial charge in [-0.05, 0) is 18.2 Å². The second kappa shape index (κ2) is 6.06. The average Bonchev–Trinajstić information content (AvgIpc) is 3.25. The van der Waals surface area contributed by atoms with E-state index in [-0.39, 0.29) is 16.8 Å². The number of ether oxygens (including phenoxy) is 1. The summed E-state index contributed by atoms with van der Waals surface area (Å²) in [6, 6.07) is 11.8. The summed E-state index contributed by atoms with van der Waals surface area (Å²) in [5.74, 6) is 1.90. The van der Waals surface area contributed by atoms with Gasteiger partial charge in [-0.25, -0.2) is 0 Å². The molecular weight excluding hydrogens is 346 g/mol. The van der Waals surface area contributed by atoms with E-state index < -0.39 is 0 Å². The van der Waals surface area contributed by atoms with Gasteiger partial charge in [0.15, 0.2) is 0 Å². The average molecular weight is 365 g/mol. The molecule has 5 rings (SSSR count). The van der Waals surface area contributed by atoms with Crippen LogP contribution in [0.5, 0.6) is 5.75 Å². The Labute approximate surface area is 155 Å². The molecule has 2 aliphatic rings. The lowest BCUT2D eigenvalue weighted by Gasteiger charge is -2.47. The number of nitrogens with one attached hydrogen (secondary N) is 1. The fraction of sp³-hybridized carbons (Fsp3) is 0.300. The van der Waals surface area contributed by atoms with Gasteiger partial charge in [0.1, 0.15) is 11.9 Å². The lowest BCUT2D eigenvalue weighted by atomic mass is 9.92. The molecule has 2 fully saturated rings. The maximum absolute atomic E-state index is 12.9. The first-order chi connectivity index (χ1) is 12.7. The highest BCUT2D eigenvalue weighted by molar-refractivity contribution is 8.01. The summed E-state index contributed by atoms with van der Waals surface area (Å²) in [7, 11) is 0. The van der Waals surface area contributed by atoms with Crippen molar-refractivity contribution in [1.82, 2.24) is 14.9 Å². The van der Waals surface area contributed by atoms with Crippen molar-refractivity contribution in [2.45, 2.75) is 17.3 Å². The zero-order chi connectivity index (χ0) is 17.6. The fourth-order valence-electron chi connectivity index (χ4n) is 3.92. The predicted molar refractivity (Wildman–Crippen MR) is 103 cm³/mol. The van der Waals surface area contributed by atoms with E-state index in [0.717, 1.165) is 47.5 Å². The van der Waals surface area contributed by atoms with Crippen molar-refractivity contribution >= 4 is 28.6 Å². The number of fused-ring (bicyclic) bond motifs is 1. The van der Waals surface area contributed by atoms with Crippen LogP contribution in [0.25, 0.3) is 10.9 Å². The fourth-order valence-corrected chi connectivity index (χ4v) is 5.44. The summed E-state index contributed by atoms with van der Waals surface area (Å²) in [5.41, 5.74) is 1.77. The van der Waals surface area contributed by atoms with Gasteiger partial charge in [-0.15, -0.1) is 11.8 Å². The number of amides is 1. The van der Waals surface area contributed by atoms with Crippen LogP contribution >= 0.6 is 11.8 Å². The van der Waals surface area contributed by atoms with Gasteiger partial charge in [-0.2, -0.15) is 0 Å². The summed E-state index contributed by atoms with van der Waals surface area (Å²) in [5, 5.41) is 0.996. The van der Waals surface area contributed by atoms with Crippen LogP contribution in [0.2, 0.25) is 0 Å². The van der Waals surface area contributed by atoms with Crippen molar-refractivity contribution in [2.75, 3.05) is 18.8 Å². The van der Waals surface area contributed by atoms with Gasteiger partial charge < -0.3 is 14.6 Å². The van der Waals surface area contributed by atoms with E-state index in [4.69, 9.17) is 4.74 Å². The topological polar surface area (TPSA) is 58.2 Å².